The molecule has 0 N–H and O–H groups in total. The van der Waals surface area contributed by atoms with Gasteiger partial charge in [-0.1, -0.05) is 23.5 Å². The number of rotatable bonds is 8. The molecule has 10 heteroatoms. The summed E-state index contributed by atoms with van der Waals surface area (Å²) in [5, 5.41) is 3.90. The van der Waals surface area contributed by atoms with Crippen LogP contribution in [0.5, 0.6) is 5.75 Å². The summed E-state index contributed by atoms with van der Waals surface area (Å²) in [5.41, 5.74) is 2.36. The van der Waals surface area contributed by atoms with Crippen molar-refractivity contribution in [3.8, 4) is 5.75 Å². The van der Waals surface area contributed by atoms with Crippen LogP contribution in [-0.2, 0) is 21.4 Å². The summed E-state index contributed by atoms with van der Waals surface area (Å²) >= 11 is 3.15. The van der Waals surface area contributed by atoms with Crippen LogP contribution in [0, 0.1) is 0 Å². The summed E-state index contributed by atoms with van der Waals surface area (Å²) in [4.78, 5) is 11.6. The van der Waals surface area contributed by atoms with Gasteiger partial charge in [-0.3, -0.25) is 0 Å². The van der Waals surface area contributed by atoms with Crippen LogP contribution in [0.4, 0.5) is 0 Å². The molecule has 0 saturated heterocycles. The van der Waals surface area contributed by atoms with Crippen LogP contribution in [0.2, 0.25) is 0 Å². The van der Waals surface area contributed by atoms with Crippen molar-refractivity contribution < 1.29 is 31.8 Å². The van der Waals surface area contributed by atoms with E-state index in [0.717, 1.165) is 36.6 Å². The van der Waals surface area contributed by atoms with Crippen LogP contribution in [0.3, 0.4) is 0 Å². The Morgan fingerprint density at radius 3 is 2.58 bits per heavy atom. The van der Waals surface area contributed by atoms with Crippen molar-refractivity contribution in [1.29, 1.82) is 0 Å². The fraction of sp³-hybridized carbons (Fsp3) is 0.217. The lowest BCUT2D eigenvalue weighted by Crippen LogP contribution is -2.36. The Hall–Kier alpha value is -2.79. The second-order valence-corrected chi connectivity index (χ2v) is 10.7. The number of hydrogen-bond acceptors (Lipinski definition) is 8. The topological polar surface area (TPSA) is 96.6 Å². The Morgan fingerprint density at radius 2 is 1.91 bits per heavy atom. The van der Waals surface area contributed by atoms with E-state index in [1.165, 1.54) is 7.11 Å². The van der Waals surface area contributed by atoms with Crippen LogP contribution in [0.15, 0.2) is 41.8 Å². The number of thiazole rings is 1. The standard InChI is InChI=1S/C23H21NO6S3/c1-29-18-14-19-21(22-17(18)10-12-31-22)24(11-3-13-33(26,27)28)20(32-19)9-6-15-4-7-16(8-5-15)23(25)30-2/h4-10,12,14H,3,11,13H2,1-2H3. The first kappa shape index (κ1) is 23.4. The van der Waals surface area contributed by atoms with Crippen LogP contribution >= 0.6 is 22.7 Å². The molecule has 0 bridgehead atoms. The van der Waals surface area contributed by atoms with Crippen LogP contribution in [0.25, 0.3) is 32.5 Å². The smallest absolute Gasteiger partial charge is 0.337 e. The molecule has 4 rings (SSSR count). The van der Waals surface area contributed by atoms with E-state index in [0.29, 0.717) is 12.1 Å². The minimum atomic E-state index is -4.29. The van der Waals surface area contributed by atoms with E-state index in [4.69, 9.17) is 9.47 Å². The van der Waals surface area contributed by atoms with Crippen LogP contribution in [-0.4, -0.2) is 38.9 Å². The molecule has 2 heterocycles. The number of esters is 1. The van der Waals surface area contributed by atoms with Gasteiger partial charge in [0.1, 0.15) is 15.1 Å². The number of ether oxygens (including phenoxy) is 2. The van der Waals surface area contributed by atoms with E-state index in [2.05, 4.69) is 4.57 Å². The van der Waals surface area contributed by atoms with Crippen molar-refractivity contribution in [2.24, 2.45) is 0 Å². The first-order chi connectivity index (χ1) is 15.8. The zero-order valence-electron chi connectivity index (χ0n) is 17.9. The van der Waals surface area contributed by atoms with Gasteiger partial charge >= 0.3 is 5.97 Å². The number of hydrogen-bond donors (Lipinski definition) is 0. The lowest BCUT2D eigenvalue weighted by Gasteiger charge is -2.05. The van der Waals surface area contributed by atoms with Gasteiger partial charge < -0.3 is 14.0 Å². The van der Waals surface area contributed by atoms with Gasteiger partial charge in [0, 0.05) is 29.7 Å². The highest BCUT2D eigenvalue weighted by Crippen LogP contribution is 2.38. The average molecular weight is 504 g/mol. The van der Waals surface area contributed by atoms with Crippen molar-refractivity contribution in [1.82, 2.24) is 0 Å². The molecule has 0 spiro atoms. The maximum absolute atomic E-state index is 11.6. The van der Waals surface area contributed by atoms with Gasteiger partial charge in [-0.15, -0.1) is 11.3 Å². The second kappa shape index (κ2) is 9.60. The van der Waals surface area contributed by atoms with Gasteiger partial charge in [-0.05, 0) is 35.2 Å². The third-order valence-corrected chi connectivity index (χ3v) is 7.94. The number of benzene rings is 2. The summed E-state index contributed by atoms with van der Waals surface area (Å²) in [6, 6.07) is 11.0. The first-order valence-corrected chi connectivity index (χ1v) is 13.3. The Kier molecular flexibility index (Phi) is 6.80. The maximum atomic E-state index is 11.6. The van der Waals surface area contributed by atoms with Gasteiger partial charge in [-0.25, -0.2) is 13.2 Å². The van der Waals surface area contributed by atoms with Gasteiger partial charge in [-0.2, -0.15) is 4.57 Å². The third kappa shape index (κ3) is 5.09. The van der Waals surface area contributed by atoms with E-state index < -0.39 is 21.8 Å². The second-order valence-electron chi connectivity index (χ2n) is 7.24. The molecular formula is C23H21NO6S3. The number of carbonyl (C=O) groups is 1. The molecule has 0 aliphatic rings. The molecule has 0 fully saturated rings. The van der Waals surface area contributed by atoms with Crippen molar-refractivity contribution in [3.05, 3.63) is 57.9 Å². The van der Waals surface area contributed by atoms with Gasteiger partial charge in [0.05, 0.1) is 29.9 Å². The van der Waals surface area contributed by atoms with Crippen LogP contribution in [0.1, 0.15) is 27.3 Å². The number of methoxy groups -OCH3 is 2. The Bertz CT molecular complexity index is 1450. The molecule has 0 saturated carbocycles. The molecule has 0 atom stereocenters. The zero-order chi connectivity index (χ0) is 23.6. The van der Waals surface area contributed by atoms with Crippen molar-refractivity contribution in [3.63, 3.8) is 0 Å². The molecule has 2 aromatic carbocycles. The molecule has 0 radical (unpaired) electrons. The molecule has 172 valence electrons. The number of nitrogens with zero attached hydrogens (tertiary/aromatic N) is 1. The summed E-state index contributed by atoms with van der Waals surface area (Å²) in [7, 11) is -1.31. The summed E-state index contributed by atoms with van der Waals surface area (Å²) in [5.74, 6) is -0.0301. The quantitative estimate of drug-likeness (QED) is 0.202. The van der Waals surface area contributed by atoms with E-state index in [-0.39, 0.29) is 6.42 Å². The Morgan fingerprint density at radius 1 is 1.15 bits per heavy atom. The average Bonchev–Trinajstić information content (AvgIpc) is 3.41. The highest BCUT2D eigenvalue weighted by molar-refractivity contribution is 7.85. The van der Waals surface area contributed by atoms with Crippen molar-refractivity contribution in [2.45, 2.75) is 13.0 Å². The molecule has 7 nitrogen and oxygen atoms in total. The molecule has 0 aliphatic heterocycles. The Labute approximate surface area is 199 Å². The van der Waals surface area contributed by atoms with Crippen LogP contribution < -0.4 is 9.30 Å². The fourth-order valence-corrected chi connectivity index (χ4v) is 6.25. The number of thiophene rings is 1. The first-order valence-electron chi connectivity index (χ1n) is 10.0. The van der Waals surface area contributed by atoms with E-state index in [1.807, 2.05) is 41.8 Å². The molecule has 33 heavy (non-hydrogen) atoms. The highest BCUT2D eigenvalue weighted by Gasteiger charge is 2.24. The van der Waals surface area contributed by atoms with Gasteiger partial charge in [0.15, 0.2) is 6.54 Å². The summed E-state index contributed by atoms with van der Waals surface area (Å²) < 4.78 is 47.9. The van der Waals surface area contributed by atoms with E-state index in [9.17, 15) is 17.8 Å². The van der Waals surface area contributed by atoms with E-state index in [1.54, 1.807) is 41.9 Å². The minimum Gasteiger partial charge on any atom is -0.748 e. The molecule has 0 aliphatic carbocycles. The van der Waals surface area contributed by atoms with E-state index >= 15 is 0 Å². The number of aromatic nitrogens is 1. The largest absolute Gasteiger partial charge is 0.748 e. The SMILES string of the molecule is COC(=O)c1ccc(C=Cc2sc3cc(OC)c4ccsc4c3[n+]2CCCS(=O)(=O)[O-])cc1. The minimum absolute atomic E-state index is 0.218. The van der Waals surface area contributed by atoms with Crippen molar-refractivity contribution >= 4 is 71.2 Å². The monoisotopic (exact) mass is 503 g/mol. The number of carbonyl (C=O) groups excluding carboxylic acids is 1. The highest BCUT2D eigenvalue weighted by atomic mass is 32.2. The summed E-state index contributed by atoms with van der Waals surface area (Å²) in [6.45, 7) is 0.391. The summed E-state index contributed by atoms with van der Waals surface area (Å²) in [6.07, 6.45) is 4.10. The van der Waals surface area contributed by atoms with Crippen molar-refractivity contribution in [2.75, 3.05) is 20.0 Å². The van der Waals surface area contributed by atoms with Gasteiger partial charge in [0.2, 0.25) is 5.52 Å². The number of aryl methyl sites for hydroxylation is 1. The fourth-order valence-electron chi connectivity index (χ4n) is 3.61. The molecule has 0 amide bonds. The predicted molar refractivity (Wildman–Crippen MR) is 130 cm³/mol. The molecular weight excluding hydrogens is 482 g/mol. The number of fused-ring (bicyclic) bond motifs is 3. The normalized spacial score (nSPS) is 12.1. The third-order valence-electron chi connectivity index (χ3n) is 5.14. The lowest BCUT2D eigenvalue weighted by molar-refractivity contribution is -0.667. The molecule has 4 aromatic rings. The molecule has 0 unspecified atom stereocenters. The molecule has 2 aromatic heterocycles. The lowest BCUT2D eigenvalue weighted by atomic mass is 10.1. The zero-order valence-corrected chi connectivity index (χ0v) is 20.4. The maximum Gasteiger partial charge on any atom is 0.337 e. The Balaban J connectivity index is 1.76. The predicted octanol–water partition coefficient (Wildman–Crippen LogP) is 4.30. The van der Waals surface area contributed by atoms with Gasteiger partial charge in [0.25, 0.3) is 5.01 Å².